The number of nitrogens with two attached hydrogens (primary N) is 1. The normalized spacial score (nSPS) is 11.5. The minimum atomic E-state index is -1.21. The van der Waals surface area contributed by atoms with Gasteiger partial charge in [-0.25, -0.2) is 4.79 Å². The second kappa shape index (κ2) is 5.16. The molecule has 1 atom stereocenters. The summed E-state index contributed by atoms with van der Waals surface area (Å²) in [4.78, 5) is 34.4. The second-order valence-electron chi connectivity index (χ2n) is 1.70. The van der Waals surface area contributed by atoms with Crippen LogP contribution in [0.25, 0.3) is 0 Å². The summed E-state index contributed by atoms with van der Waals surface area (Å²) in [5, 5.41) is 6.32. The first kappa shape index (κ1) is 10.5. The van der Waals surface area contributed by atoms with Crippen molar-refractivity contribution in [2.75, 3.05) is 7.05 Å². The van der Waals surface area contributed by atoms with Crippen LogP contribution >= 0.6 is 0 Å². The summed E-state index contributed by atoms with van der Waals surface area (Å²) < 4.78 is 0. The fraction of sp³-hybridized carbons (Fsp3) is 0.500. The van der Waals surface area contributed by atoms with Gasteiger partial charge in [0.25, 0.3) is 0 Å². The van der Waals surface area contributed by atoms with E-state index in [0.717, 1.165) is 0 Å². The van der Waals surface area contributed by atoms with Gasteiger partial charge in [-0.15, -0.1) is 4.91 Å². The molecule has 0 aromatic rings. The van der Waals surface area contributed by atoms with E-state index in [-0.39, 0.29) is 0 Å². The molecule has 0 aliphatic heterocycles. The first-order valence-electron chi connectivity index (χ1n) is 2.87. The molecule has 12 heavy (non-hydrogen) atoms. The van der Waals surface area contributed by atoms with E-state index in [1.807, 2.05) is 5.32 Å². The maximum Gasteiger partial charge on any atom is 0.427 e. The van der Waals surface area contributed by atoms with Crippen molar-refractivity contribution in [3.63, 3.8) is 0 Å². The van der Waals surface area contributed by atoms with Crippen LogP contribution in [0.4, 0.5) is 4.79 Å². The number of carbonyl (C=O) groups excluding carboxylic acids is 2. The highest BCUT2D eigenvalue weighted by molar-refractivity contribution is 5.85. The standard InChI is InChI=1S/C4H8N4O4/c1-6-2(3(9)8-11)7-4(10)12-5/h2,6H,5H2,1H3,(H,7,10). The molecule has 0 radical (unpaired) electrons. The first-order valence-corrected chi connectivity index (χ1v) is 2.87. The van der Waals surface area contributed by atoms with Gasteiger partial charge in [-0.05, 0) is 7.05 Å². The van der Waals surface area contributed by atoms with Crippen molar-refractivity contribution in [1.29, 1.82) is 0 Å². The number of likely N-dealkylation sites (N-methyl/N-ethyl adjacent to an activating group) is 1. The molecule has 0 aliphatic carbocycles. The molecule has 0 spiro atoms. The maximum atomic E-state index is 10.5. The van der Waals surface area contributed by atoms with Crippen molar-refractivity contribution in [2.45, 2.75) is 6.17 Å². The molecule has 8 heteroatoms. The summed E-state index contributed by atoms with van der Waals surface area (Å²) in [6.07, 6.45) is -2.25. The summed E-state index contributed by atoms with van der Waals surface area (Å²) >= 11 is 0. The fourth-order valence-electron chi connectivity index (χ4n) is 0.462. The molecule has 0 rings (SSSR count). The number of amides is 2. The number of rotatable bonds is 3. The molecule has 0 aliphatic rings. The zero-order valence-electron chi connectivity index (χ0n) is 6.23. The monoisotopic (exact) mass is 176 g/mol. The van der Waals surface area contributed by atoms with Gasteiger partial charge in [0.1, 0.15) is 0 Å². The molecule has 0 heterocycles. The predicted octanol–water partition coefficient (Wildman–Crippen LogP) is -1.58. The Kier molecular flexibility index (Phi) is 4.49. The van der Waals surface area contributed by atoms with Crippen LogP contribution < -0.4 is 16.5 Å². The smallest absolute Gasteiger partial charge is 0.357 e. The Morgan fingerprint density at radius 1 is 1.58 bits per heavy atom. The van der Waals surface area contributed by atoms with Crippen molar-refractivity contribution in [2.24, 2.45) is 11.1 Å². The van der Waals surface area contributed by atoms with Gasteiger partial charge in [-0.1, -0.05) is 0 Å². The molecular weight excluding hydrogens is 168 g/mol. The Hall–Kier alpha value is -1.54. The molecule has 0 aromatic carbocycles. The lowest BCUT2D eigenvalue weighted by Crippen LogP contribution is -2.49. The van der Waals surface area contributed by atoms with Gasteiger partial charge in [0.2, 0.25) is 0 Å². The molecule has 0 bridgehead atoms. The summed E-state index contributed by atoms with van der Waals surface area (Å²) in [5.74, 6) is 3.39. The Morgan fingerprint density at radius 2 is 2.17 bits per heavy atom. The van der Waals surface area contributed by atoms with Crippen LogP contribution in [0.2, 0.25) is 0 Å². The molecular formula is C4H8N4O4. The Bertz CT molecular complexity index is 193. The zero-order valence-corrected chi connectivity index (χ0v) is 6.23. The average molecular weight is 176 g/mol. The molecule has 68 valence electrons. The highest BCUT2D eigenvalue weighted by atomic mass is 16.7. The third-order valence-electron chi connectivity index (χ3n) is 0.995. The Balaban J connectivity index is 4.07. The molecule has 8 nitrogen and oxygen atoms in total. The molecule has 0 aromatic heterocycles. The second-order valence-corrected chi connectivity index (χ2v) is 1.70. The maximum absolute atomic E-state index is 10.5. The van der Waals surface area contributed by atoms with E-state index in [9.17, 15) is 14.5 Å². The van der Waals surface area contributed by atoms with E-state index in [4.69, 9.17) is 0 Å². The van der Waals surface area contributed by atoms with E-state index in [0.29, 0.717) is 0 Å². The number of nitrogens with zero attached hydrogens (tertiary/aromatic N) is 1. The SMILES string of the molecule is CNC(NC(=O)ON)C(=O)N=O. The van der Waals surface area contributed by atoms with Crippen molar-refractivity contribution in [3.05, 3.63) is 4.91 Å². The third kappa shape index (κ3) is 3.03. The fourth-order valence-corrected chi connectivity index (χ4v) is 0.462. The predicted molar refractivity (Wildman–Crippen MR) is 37.5 cm³/mol. The number of nitroso groups, excluding NO2 is 1. The van der Waals surface area contributed by atoms with E-state index >= 15 is 0 Å². The van der Waals surface area contributed by atoms with E-state index < -0.39 is 18.2 Å². The molecule has 0 fully saturated rings. The summed E-state index contributed by atoms with van der Waals surface area (Å²) in [6.45, 7) is 0. The lowest BCUT2D eigenvalue weighted by Gasteiger charge is -2.10. The number of nitrogens with one attached hydrogen (secondary N) is 2. The van der Waals surface area contributed by atoms with Crippen LogP contribution in [0.15, 0.2) is 5.18 Å². The number of carbonyl (C=O) groups is 2. The topological polar surface area (TPSA) is 123 Å². The van der Waals surface area contributed by atoms with Gasteiger partial charge in [0, 0.05) is 5.18 Å². The van der Waals surface area contributed by atoms with Gasteiger partial charge >= 0.3 is 12.0 Å². The van der Waals surface area contributed by atoms with Crippen LogP contribution in [0, 0.1) is 4.91 Å². The minimum Gasteiger partial charge on any atom is -0.357 e. The number of hydrogen-bond acceptors (Lipinski definition) is 6. The number of hydrogen-bond donors (Lipinski definition) is 3. The quantitative estimate of drug-likeness (QED) is 0.271. The summed E-state index contributed by atoms with van der Waals surface area (Å²) in [7, 11) is 1.35. The third-order valence-corrected chi connectivity index (χ3v) is 0.995. The highest BCUT2D eigenvalue weighted by Crippen LogP contribution is 1.82. The van der Waals surface area contributed by atoms with Crippen molar-refractivity contribution in [3.8, 4) is 0 Å². The van der Waals surface area contributed by atoms with Crippen LogP contribution in [-0.2, 0) is 9.63 Å². The van der Waals surface area contributed by atoms with Gasteiger partial charge in [-0.3, -0.25) is 15.4 Å². The lowest BCUT2D eigenvalue weighted by molar-refractivity contribution is -0.120. The largest absolute Gasteiger partial charge is 0.427 e. The van der Waals surface area contributed by atoms with Crippen molar-refractivity contribution in [1.82, 2.24) is 10.6 Å². The lowest BCUT2D eigenvalue weighted by atomic mass is 10.5. The van der Waals surface area contributed by atoms with Gasteiger partial charge in [0.05, 0.1) is 0 Å². The van der Waals surface area contributed by atoms with E-state index in [1.165, 1.54) is 7.05 Å². The molecule has 0 saturated carbocycles. The van der Waals surface area contributed by atoms with Gasteiger partial charge in [0.15, 0.2) is 6.17 Å². The Morgan fingerprint density at radius 3 is 2.50 bits per heavy atom. The molecule has 1 unspecified atom stereocenters. The summed E-state index contributed by atoms with van der Waals surface area (Å²) in [6, 6.07) is 0. The highest BCUT2D eigenvalue weighted by Gasteiger charge is 2.19. The Labute approximate surface area is 67.4 Å². The van der Waals surface area contributed by atoms with Crippen molar-refractivity contribution < 1.29 is 14.4 Å². The van der Waals surface area contributed by atoms with E-state index in [2.05, 4.69) is 21.2 Å². The average Bonchev–Trinajstić information content (AvgIpc) is 2.12. The van der Waals surface area contributed by atoms with Crippen LogP contribution in [-0.4, -0.2) is 25.2 Å². The van der Waals surface area contributed by atoms with E-state index in [1.54, 1.807) is 0 Å². The van der Waals surface area contributed by atoms with Crippen LogP contribution in [0.1, 0.15) is 0 Å². The molecule has 2 amide bonds. The summed E-state index contributed by atoms with van der Waals surface area (Å²) in [5.41, 5.74) is 0. The zero-order chi connectivity index (χ0) is 9.56. The van der Waals surface area contributed by atoms with Crippen LogP contribution in [0.5, 0.6) is 0 Å². The first-order chi connectivity index (χ1) is 5.65. The van der Waals surface area contributed by atoms with Gasteiger partial charge < -0.3 is 4.84 Å². The van der Waals surface area contributed by atoms with Crippen LogP contribution in [0.3, 0.4) is 0 Å². The van der Waals surface area contributed by atoms with Crippen molar-refractivity contribution >= 4 is 12.0 Å². The molecule has 0 saturated heterocycles. The minimum absolute atomic E-state index is 1.04. The molecule has 4 N–H and O–H groups in total. The van der Waals surface area contributed by atoms with Gasteiger partial charge in [-0.2, -0.15) is 5.90 Å².